The van der Waals surface area contributed by atoms with Gasteiger partial charge in [0.2, 0.25) is 0 Å². The summed E-state index contributed by atoms with van der Waals surface area (Å²) < 4.78 is 13.6. The number of benzene rings is 1. The number of hydrogen-bond donors (Lipinski definition) is 0. The number of fused-ring (bicyclic) bond motifs is 1. The Morgan fingerprint density at radius 3 is 2.72 bits per heavy atom. The topological polar surface area (TPSA) is 33.2 Å². The molecule has 0 bridgehead atoms. The lowest BCUT2D eigenvalue weighted by Crippen LogP contribution is -2.28. The van der Waals surface area contributed by atoms with Crippen LogP contribution < -0.4 is 0 Å². The van der Waals surface area contributed by atoms with E-state index in [4.69, 9.17) is 0 Å². The molecule has 0 atom stereocenters. The predicted octanol–water partition coefficient (Wildman–Crippen LogP) is 2.61. The van der Waals surface area contributed by atoms with Crippen LogP contribution in [0, 0.1) is 5.82 Å². The van der Waals surface area contributed by atoms with Crippen molar-refractivity contribution < 1.29 is 9.18 Å². The molecule has 1 saturated heterocycles. The van der Waals surface area contributed by atoms with Gasteiger partial charge in [-0.15, -0.1) is 0 Å². The lowest BCUT2D eigenvalue weighted by atomic mass is 10.2. The zero-order valence-electron chi connectivity index (χ0n) is 9.90. The van der Waals surface area contributed by atoms with Gasteiger partial charge in [-0.05, 0) is 25.0 Å². The molecule has 92 valence electrons. The monoisotopic (exact) mass is 244 g/mol. The molecule has 0 aliphatic carbocycles. The molecule has 1 amide bonds. The van der Waals surface area contributed by atoms with Crippen molar-refractivity contribution in [2.75, 3.05) is 13.1 Å². The summed E-state index contributed by atoms with van der Waals surface area (Å²) in [5.41, 5.74) is 0.594. The number of halogens is 1. The Morgan fingerprint density at radius 1 is 1.17 bits per heavy atom. The van der Waals surface area contributed by atoms with Crippen LogP contribution >= 0.6 is 0 Å². The SMILES string of the molecule is O=C(c1ccc2cccc(F)c2n1)N1CCCC1. The van der Waals surface area contributed by atoms with E-state index in [1.807, 2.05) is 0 Å². The summed E-state index contributed by atoms with van der Waals surface area (Å²) in [6, 6.07) is 8.20. The highest BCUT2D eigenvalue weighted by Gasteiger charge is 2.20. The summed E-state index contributed by atoms with van der Waals surface area (Å²) in [5.74, 6) is -0.485. The number of pyridine rings is 1. The van der Waals surface area contributed by atoms with Crippen molar-refractivity contribution in [1.29, 1.82) is 0 Å². The molecule has 1 aromatic heterocycles. The molecule has 1 aliphatic heterocycles. The quantitative estimate of drug-likeness (QED) is 0.772. The normalized spacial score (nSPS) is 15.3. The molecule has 4 heteroatoms. The van der Waals surface area contributed by atoms with Crippen molar-refractivity contribution in [3.63, 3.8) is 0 Å². The number of nitrogens with zero attached hydrogens (tertiary/aromatic N) is 2. The van der Waals surface area contributed by atoms with Crippen molar-refractivity contribution in [2.45, 2.75) is 12.8 Å². The molecule has 2 aromatic rings. The van der Waals surface area contributed by atoms with E-state index in [1.54, 1.807) is 29.2 Å². The summed E-state index contributed by atoms with van der Waals surface area (Å²) in [6.45, 7) is 1.55. The molecule has 1 aliphatic rings. The number of para-hydroxylation sites is 1. The smallest absolute Gasteiger partial charge is 0.272 e. The van der Waals surface area contributed by atoms with Crippen LogP contribution in [0.25, 0.3) is 10.9 Å². The summed E-state index contributed by atoms with van der Waals surface area (Å²) >= 11 is 0. The summed E-state index contributed by atoms with van der Waals surface area (Å²) in [7, 11) is 0. The van der Waals surface area contributed by atoms with Gasteiger partial charge >= 0.3 is 0 Å². The van der Waals surface area contributed by atoms with E-state index in [2.05, 4.69) is 4.98 Å². The van der Waals surface area contributed by atoms with Gasteiger partial charge in [0.05, 0.1) is 0 Å². The minimum atomic E-state index is -0.386. The van der Waals surface area contributed by atoms with Gasteiger partial charge in [0.1, 0.15) is 17.0 Å². The van der Waals surface area contributed by atoms with Crippen LogP contribution in [0.5, 0.6) is 0 Å². The first-order chi connectivity index (χ1) is 8.75. The van der Waals surface area contributed by atoms with Crippen molar-refractivity contribution in [3.8, 4) is 0 Å². The zero-order valence-corrected chi connectivity index (χ0v) is 9.90. The molecule has 0 saturated carbocycles. The maximum Gasteiger partial charge on any atom is 0.272 e. The van der Waals surface area contributed by atoms with E-state index < -0.39 is 0 Å². The molecule has 0 N–H and O–H groups in total. The van der Waals surface area contributed by atoms with E-state index in [0.717, 1.165) is 25.9 Å². The highest BCUT2D eigenvalue weighted by atomic mass is 19.1. The Morgan fingerprint density at radius 2 is 1.94 bits per heavy atom. The van der Waals surface area contributed by atoms with Gasteiger partial charge in [-0.2, -0.15) is 0 Å². The van der Waals surface area contributed by atoms with E-state index >= 15 is 0 Å². The fraction of sp³-hybridized carbons (Fsp3) is 0.286. The maximum atomic E-state index is 13.6. The van der Waals surface area contributed by atoms with Gasteiger partial charge in [-0.25, -0.2) is 9.37 Å². The first-order valence-corrected chi connectivity index (χ1v) is 6.10. The molecular formula is C14H13FN2O. The van der Waals surface area contributed by atoms with Gasteiger partial charge in [-0.3, -0.25) is 4.79 Å². The van der Waals surface area contributed by atoms with Gasteiger partial charge in [0.15, 0.2) is 0 Å². The number of rotatable bonds is 1. The highest BCUT2D eigenvalue weighted by Crippen LogP contribution is 2.18. The van der Waals surface area contributed by atoms with Gasteiger partial charge < -0.3 is 4.90 Å². The van der Waals surface area contributed by atoms with Gasteiger partial charge in [0, 0.05) is 18.5 Å². The van der Waals surface area contributed by atoms with Gasteiger partial charge in [-0.1, -0.05) is 18.2 Å². The Kier molecular flexibility index (Phi) is 2.70. The summed E-state index contributed by atoms with van der Waals surface area (Å²) in [5, 5.41) is 0.716. The second-order valence-corrected chi connectivity index (χ2v) is 4.51. The third kappa shape index (κ3) is 1.83. The molecule has 0 unspecified atom stereocenters. The van der Waals surface area contributed by atoms with Crippen LogP contribution in [0.2, 0.25) is 0 Å². The molecule has 0 spiro atoms. The Bertz CT molecular complexity index is 606. The largest absolute Gasteiger partial charge is 0.337 e. The Hall–Kier alpha value is -1.97. The Balaban J connectivity index is 2.02. The van der Waals surface area contributed by atoms with Crippen LogP contribution in [-0.2, 0) is 0 Å². The standard InChI is InChI=1S/C14H13FN2O/c15-11-5-3-4-10-6-7-12(16-13(10)11)14(18)17-8-1-2-9-17/h3-7H,1-2,8-9H2. The molecule has 3 rings (SSSR count). The number of aromatic nitrogens is 1. The first kappa shape index (κ1) is 11.1. The van der Waals surface area contributed by atoms with Crippen LogP contribution in [0.15, 0.2) is 30.3 Å². The van der Waals surface area contributed by atoms with Crippen molar-refractivity contribution in [2.24, 2.45) is 0 Å². The second-order valence-electron chi connectivity index (χ2n) is 4.51. The molecule has 0 radical (unpaired) electrons. The van der Waals surface area contributed by atoms with Crippen molar-refractivity contribution in [3.05, 3.63) is 41.8 Å². The average molecular weight is 244 g/mol. The molecule has 1 fully saturated rings. The number of carbonyl (C=O) groups excluding carboxylic acids is 1. The van der Waals surface area contributed by atoms with E-state index in [0.29, 0.717) is 11.1 Å². The number of amides is 1. The first-order valence-electron chi connectivity index (χ1n) is 6.10. The second kappa shape index (κ2) is 4.37. The van der Waals surface area contributed by atoms with E-state index in [1.165, 1.54) is 6.07 Å². The fourth-order valence-electron chi connectivity index (χ4n) is 2.31. The number of hydrogen-bond acceptors (Lipinski definition) is 2. The third-order valence-electron chi connectivity index (χ3n) is 3.28. The third-order valence-corrected chi connectivity index (χ3v) is 3.28. The van der Waals surface area contributed by atoms with Gasteiger partial charge in [0.25, 0.3) is 5.91 Å². The van der Waals surface area contributed by atoms with Crippen LogP contribution in [0.4, 0.5) is 4.39 Å². The molecule has 3 nitrogen and oxygen atoms in total. The predicted molar refractivity (Wildman–Crippen MR) is 66.8 cm³/mol. The zero-order chi connectivity index (χ0) is 12.5. The number of likely N-dealkylation sites (tertiary alicyclic amines) is 1. The van der Waals surface area contributed by atoms with Crippen molar-refractivity contribution in [1.82, 2.24) is 9.88 Å². The molecular weight excluding hydrogens is 231 g/mol. The van der Waals surface area contributed by atoms with E-state index in [-0.39, 0.29) is 17.2 Å². The fourth-order valence-corrected chi connectivity index (χ4v) is 2.31. The average Bonchev–Trinajstić information content (AvgIpc) is 2.92. The van der Waals surface area contributed by atoms with Crippen LogP contribution in [0.3, 0.4) is 0 Å². The molecule has 2 heterocycles. The Labute approximate surface area is 104 Å². The lowest BCUT2D eigenvalue weighted by Gasteiger charge is -2.14. The minimum Gasteiger partial charge on any atom is -0.337 e. The van der Waals surface area contributed by atoms with Crippen molar-refractivity contribution >= 4 is 16.8 Å². The summed E-state index contributed by atoms with van der Waals surface area (Å²) in [4.78, 5) is 18.1. The van der Waals surface area contributed by atoms with Crippen LogP contribution in [-0.4, -0.2) is 28.9 Å². The lowest BCUT2D eigenvalue weighted by molar-refractivity contribution is 0.0787. The summed E-state index contributed by atoms with van der Waals surface area (Å²) in [6.07, 6.45) is 2.07. The molecule has 1 aromatic carbocycles. The maximum absolute atomic E-state index is 13.6. The van der Waals surface area contributed by atoms with Crippen LogP contribution in [0.1, 0.15) is 23.3 Å². The highest BCUT2D eigenvalue weighted by molar-refractivity contribution is 5.95. The molecule has 18 heavy (non-hydrogen) atoms. The minimum absolute atomic E-state index is 0.0994. The number of carbonyl (C=O) groups is 1. The van der Waals surface area contributed by atoms with E-state index in [9.17, 15) is 9.18 Å².